The third-order valence-electron chi connectivity index (χ3n) is 4.88. The minimum Gasteiger partial charge on any atom is -0.361 e. The lowest BCUT2D eigenvalue weighted by molar-refractivity contribution is 0.101. The number of hydrogen-bond acceptors (Lipinski definition) is 6. The van der Waals surface area contributed by atoms with Gasteiger partial charge in [-0.05, 0) is 56.6 Å². The predicted octanol–water partition coefficient (Wildman–Crippen LogP) is 3.03. The monoisotopic (exact) mass is 430 g/mol. The van der Waals surface area contributed by atoms with Crippen LogP contribution in [0.3, 0.4) is 0 Å². The summed E-state index contributed by atoms with van der Waals surface area (Å²) in [6, 6.07) is 8.86. The summed E-state index contributed by atoms with van der Waals surface area (Å²) in [4.78, 5) is 24.7. The molecular weight excluding hydrogens is 408 g/mol. The van der Waals surface area contributed by atoms with Crippen LogP contribution in [-0.4, -0.2) is 39.8 Å². The minimum atomic E-state index is -0.303. The molecule has 1 atom stereocenters. The fourth-order valence-corrected chi connectivity index (χ4v) is 3.27. The Morgan fingerprint density at radius 2 is 1.83 bits per heavy atom. The molecular formula is C20H23ClN6O3. The summed E-state index contributed by atoms with van der Waals surface area (Å²) in [5, 5.41) is 16.9. The van der Waals surface area contributed by atoms with E-state index in [-0.39, 0.29) is 30.3 Å². The summed E-state index contributed by atoms with van der Waals surface area (Å²) < 4.78 is 6.75. The zero-order chi connectivity index (χ0) is 20.2. The summed E-state index contributed by atoms with van der Waals surface area (Å²) >= 11 is 0. The quantitative estimate of drug-likeness (QED) is 0.573. The van der Waals surface area contributed by atoms with Gasteiger partial charge in [0.05, 0.1) is 12.2 Å². The molecule has 3 aromatic rings. The van der Waals surface area contributed by atoms with Gasteiger partial charge in [-0.15, -0.1) is 12.4 Å². The standard InChI is InChI=1S/C20H22N6O3.ClH/c1-13-17(12-22-29-13)19(27)23-14-4-6-15(7-5-14)24-20(28)18-8-10-26(25-18)16-3-2-9-21-11-16;/h4-8,10,12,16,21H,2-3,9,11H2,1H3,(H,23,27)(H,24,28);1H. The van der Waals surface area contributed by atoms with E-state index < -0.39 is 0 Å². The molecule has 1 aliphatic heterocycles. The van der Waals surface area contributed by atoms with Crippen molar-refractivity contribution in [1.82, 2.24) is 20.3 Å². The summed E-state index contributed by atoms with van der Waals surface area (Å²) in [5.41, 5.74) is 1.97. The van der Waals surface area contributed by atoms with Crippen molar-refractivity contribution in [1.29, 1.82) is 0 Å². The lowest BCUT2D eigenvalue weighted by Gasteiger charge is -2.22. The van der Waals surface area contributed by atoms with Crippen molar-refractivity contribution in [2.75, 3.05) is 23.7 Å². The van der Waals surface area contributed by atoms with Crippen LogP contribution in [0, 0.1) is 6.92 Å². The van der Waals surface area contributed by atoms with Gasteiger partial charge in [-0.1, -0.05) is 5.16 Å². The number of carbonyl (C=O) groups excluding carboxylic acids is 2. The van der Waals surface area contributed by atoms with Crippen LogP contribution in [0.25, 0.3) is 0 Å². The normalized spacial score (nSPS) is 15.8. The van der Waals surface area contributed by atoms with E-state index in [2.05, 4.69) is 26.2 Å². The van der Waals surface area contributed by atoms with Gasteiger partial charge in [-0.2, -0.15) is 5.10 Å². The number of nitrogens with zero attached hydrogens (tertiary/aromatic N) is 3. The molecule has 1 unspecified atom stereocenters. The summed E-state index contributed by atoms with van der Waals surface area (Å²) in [5.74, 6) is -0.123. The van der Waals surface area contributed by atoms with Gasteiger partial charge in [0.1, 0.15) is 11.3 Å². The van der Waals surface area contributed by atoms with Crippen LogP contribution in [0.5, 0.6) is 0 Å². The van der Waals surface area contributed by atoms with Gasteiger partial charge in [-0.25, -0.2) is 0 Å². The molecule has 0 spiro atoms. The third kappa shape index (κ3) is 4.87. The second-order valence-electron chi connectivity index (χ2n) is 6.96. The van der Waals surface area contributed by atoms with Gasteiger partial charge in [0.25, 0.3) is 11.8 Å². The summed E-state index contributed by atoms with van der Waals surface area (Å²) in [6.45, 7) is 3.57. The fraction of sp³-hybridized carbons (Fsp3) is 0.300. The van der Waals surface area contributed by atoms with Crippen LogP contribution in [0.4, 0.5) is 11.4 Å². The molecule has 3 N–H and O–H groups in total. The van der Waals surface area contributed by atoms with Crippen molar-refractivity contribution in [3.8, 4) is 0 Å². The maximum atomic E-state index is 12.5. The van der Waals surface area contributed by atoms with Crippen molar-refractivity contribution in [2.45, 2.75) is 25.8 Å². The zero-order valence-electron chi connectivity index (χ0n) is 16.4. The van der Waals surface area contributed by atoms with E-state index in [1.165, 1.54) is 6.20 Å². The van der Waals surface area contributed by atoms with E-state index in [9.17, 15) is 9.59 Å². The third-order valence-corrected chi connectivity index (χ3v) is 4.88. The molecule has 3 heterocycles. The predicted molar refractivity (Wildman–Crippen MR) is 114 cm³/mol. The second kappa shape index (κ2) is 9.55. The molecule has 1 aliphatic rings. The van der Waals surface area contributed by atoms with Crippen molar-refractivity contribution in [3.05, 3.63) is 59.7 Å². The van der Waals surface area contributed by atoms with Gasteiger partial charge in [-0.3, -0.25) is 14.3 Å². The van der Waals surface area contributed by atoms with Crippen LogP contribution >= 0.6 is 12.4 Å². The fourth-order valence-electron chi connectivity index (χ4n) is 3.27. The lowest BCUT2D eigenvalue weighted by Crippen LogP contribution is -2.32. The van der Waals surface area contributed by atoms with Gasteiger partial charge < -0.3 is 20.5 Å². The molecule has 2 aromatic heterocycles. The molecule has 1 saturated heterocycles. The highest BCUT2D eigenvalue weighted by atomic mass is 35.5. The number of hydrogen-bond donors (Lipinski definition) is 3. The van der Waals surface area contributed by atoms with Gasteiger partial charge >= 0.3 is 0 Å². The number of amides is 2. The van der Waals surface area contributed by atoms with E-state index in [0.717, 1.165) is 25.9 Å². The molecule has 10 heteroatoms. The number of carbonyl (C=O) groups is 2. The molecule has 1 aromatic carbocycles. The van der Waals surface area contributed by atoms with E-state index >= 15 is 0 Å². The molecule has 4 rings (SSSR count). The molecule has 0 saturated carbocycles. The largest absolute Gasteiger partial charge is 0.361 e. The van der Waals surface area contributed by atoms with E-state index in [1.807, 2.05) is 10.9 Å². The zero-order valence-corrected chi connectivity index (χ0v) is 17.2. The van der Waals surface area contributed by atoms with Crippen LogP contribution in [0.2, 0.25) is 0 Å². The van der Waals surface area contributed by atoms with Crippen LogP contribution in [-0.2, 0) is 0 Å². The average molecular weight is 431 g/mol. The van der Waals surface area contributed by atoms with Crippen molar-refractivity contribution in [2.24, 2.45) is 0 Å². The topological polar surface area (TPSA) is 114 Å². The Bertz CT molecular complexity index is 1010. The maximum absolute atomic E-state index is 12.5. The van der Waals surface area contributed by atoms with E-state index in [0.29, 0.717) is 28.4 Å². The number of anilines is 2. The van der Waals surface area contributed by atoms with Crippen LogP contribution in [0.1, 0.15) is 45.5 Å². The molecule has 30 heavy (non-hydrogen) atoms. The number of nitrogens with one attached hydrogen (secondary N) is 3. The Hall–Kier alpha value is -3.17. The summed E-state index contributed by atoms with van der Waals surface area (Å²) in [6.07, 6.45) is 5.38. The summed E-state index contributed by atoms with van der Waals surface area (Å²) in [7, 11) is 0. The first-order valence-electron chi connectivity index (χ1n) is 9.50. The number of piperidine rings is 1. The number of rotatable bonds is 5. The Balaban J connectivity index is 0.00000256. The SMILES string of the molecule is Cc1oncc1C(=O)Nc1ccc(NC(=O)c2ccn(C3CCCNC3)n2)cc1.Cl. The molecule has 0 aliphatic carbocycles. The first-order valence-corrected chi connectivity index (χ1v) is 9.50. The Morgan fingerprint density at radius 1 is 1.13 bits per heavy atom. The maximum Gasteiger partial charge on any atom is 0.276 e. The lowest BCUT2D eigenvalue weighted by atomic mass is 10.1. The van der Waals surface area contributed by atoms with Gasteiger partial charge in [0, 0.05) is 24.1 Å². The van der Waals surface area contributed by atoms with Crippen LogP contribution < -0.4 is 16.0 Å². The Kier molecular flexibility index (Phi) is 6.86. The van der Waals surface area contributed by atoms with Gasteiger partial charge in [0.2, 0.25) is 0 Å². The Labute approximate surface area is 179 Å². The number of aryl methyl sites for hydroxylation is 1. The average Bonchev–Trinajstić information content (AvgIpc) is 3.39. The highest BCUT2D eigenvalue weighted by Crippen LogP contribution is 2.18. The number of benzene rings is 1. The van der Waals surface area contributed by atoms with Gasteiger partial charge in [0.15, 0.2) is 5.69 Å². The van der Waals surface area contributed by atoms with Crippen molar-refractivity contribution >= 4 is 35.6 Å². The van der Waals surface area contributed by atoms with E-state index in [1.54, 1.807) is 37.3 Å². The van der Waals surface area contributed by atoms with Crippen molar-refractivity contribution < 1.29 is 14.1 Å². The molecule has 0 bridgehead atoms. The van der Waals surface area contributed by atoms with E-state index in [4.69, 9.17) is 4.52 Å². The number of halogens is 1. The van der Waals surface area contributed by atoms with Crippen LogP contribution in [0.15, 0.2) is 47.2 Å². The molecule has 158 valence electrons. The molecule has 2 amide bonds. The minimum absolute atomic E-state index is 0. The molecule has 1 fully saturated rings. The number of aromatic nitrogens is 3. The van der Waals surface area contributed by atoms with Crippen molar-refractivity contribution in [3.63, 3.8) is 0 Å². The highest BCUT2D eigenvalue weighted by Gasteiger charge is 2.18. The molecule has 9 nitrogen and oxygen atoms in total. The smallest absolute Gasteiger partial charge is 0.276 e. The highest BCUT2D eigenvalue weighted by molar-refractivity contribution is 6.05. The first kappa shape index (κ1) is 21.5. The Morgan fingerprint density at radius 3 is 2.43 bits per heavy atom. The first-order chi connectivity index (χ1) is 14.1. The molecule has 0 radical (unpaired) electrons. The second-order valence-corrected chi connectivity index (χ2v) is 6.96.